The number of para-hydroxylation sites is 1. The number of nitrogens with two attached hydrogens (primary N) is 1. The summed E-state index contributed by atoms with van der Waals surface area (Å²) in [6, 6.07) is 15.3. The van der Waals surface area contributed by atoms with Crippen LogP contribution in [0.15, 0.2) is 64.6 Å². The van der Waals surface area contributed by atoms with Gasteiger partial charge in [0.1, 0.15) is 11.4 Å². The molecule has 3 heterocycles. The molecule has 2 aromatic carbocycles. The first-order valence-electron chi connectivity index (χ1n) is 12.1. The van der Waals surface area contributed by atoms with Crippen LogP contribution >= 0.6 is 23.4 Å². The first-order valence-corrected chi connectivity index (χ1v) is 13.3. The summed E-state index contributed by atoms with van der Waals surface area (Å²) < 4.78 is 7.36. The van der Waals surface area contributed by atoms with Gasteiger partial charge in [-0.2, -0.15) is 10.1 Å². The Morgan fingerprint density at radius 1 is 1.22 bits per heavy atom. The zero-order chi connectivity index (χ0) is 25.9. The molecular formula is C27H26ClN5O3S. The van der Waals surface area contributed by atoms with Gasteiger partial charge in [0, 0.05) is 36.3 Å². The van der Waals surface area contributed by atoms with E-state index in [9.17, 15) is 9.59 Å². The second-order valence-corrected chi connectivity index (χ2v) is 10.2. The molecule has 0 spiro atoms. The van der Waals surface area contributed by atoms with Crippen molar-refractivity contribution in [2.75, 3.05) is 19.7 Å². The molecule has 2 aliphatic rings. The molecule has 0 aliphatic carbocycles. The molecule has 0 unspecified atom stereocenters. The zero-order valence-corrected chi connectivity index (χ0v) is 21.8. The van der Waals surface area contributed by atoms with Gasteiger partial charge in [-0.25, -0.2) is 4.68 Å². The Morgan fingerprint density at radius 3 is 2.65 bits per heavy atom. The number of likely N-dealkylation sites (tertiary alicyclic amines) is 1. The Balaban J connectivity index is 1.45. The van der Waals surface area contributed by atoms with Crippen molar-refractivity contribution in [3.63, 3.8) is 0 Å². The van der Waals surface area contributed by atoms with Gasteiger partial charge in [0.25, 0.3) is 5.91 Å². The fourth-order valence-electron chi connectivity index (χ4n) is 4.38. The predicted octanol–water partition coefficient (Wildman–Crippen LogP) is 4.76. The monoisotopic (exact) mass is 535 g/mol. The van der Waals surface area contributed by atoms with Crippen LogP contribution in [0.2, 0.25) is 5.02 Å². The molecule has 1 aromatic heterocycles. The average molecular weight is 536 g/mol. The predicted molar refractivity (Wildman–Crippen MR) is 147 cm³/mol. The van der Waals surface area contributed by atoms with Gasteiger partial charge in [0.05, 0.1) is 22.2 Å². The first kappa shape index (κ1) is 25.1. The quantitative estimate of drug-likeness (QED) is 0.456. The van der Waals surface area contributed by atoms with E-state index in [1.54, 1.807) is 4.68 Å². The van der Waals surface area contributed by atoms with Gasteiger partial charge in [-0.05, 0) is 67.9 Å². The molecule has 0 bridgehead atoms. The van der Waals surface area contributed by atoms with Crippen LogP contribution in [-0.2, 0) is 9.59 Å². The maximum Gasteiger partial charge on any atom is 0.286 e. The number of aromatic nitrogens is 2. The van der Waals surface area contributed by atoms with E-state index in [0.717, 1.165) is 16.8 Å². The summed E-state index contributed by atoms with van der Waals surface area (Å²) in [4.78, 5) is 31.2. The van der Waals surface area contributed by atoms with Crippen LogP contribution in [0.5, 0.6) is 5.75 Å². The Kier molecular flexibility index (Phi) is 7.34. The summed E-state index contributed by atoms with van der Waals surface area (Å²) in [5, 5.41) is 5.97. The molecule has 3 aromatic rings. The number of rotatable bonds is 6. The number of benzene rings is 2. The molecule has 0 radical (unpaired) electrons. The highest BCUT2D eigenvalue weighted by Gasteiger charge is 2.31. The molecule has 5 rings (SSSR count). The number of piperidine rings is 1. The fourth-order valence-corrected chi connectivity index (χ4v) is 5.57. The number of aliphatic imine (C=N–C) groups is 1. The molecule has 1 fully saturated rings. The Labute approximate surface area is 224 Å². The molecule has 2 aliphatic heterocycles. The van der Waals surface area contributed by atoms with Gasteiger partial charge in [-0.1, -0.05) is 29.8 Å². The summed E-state index contributed by atoms with van der Waals surface area (Å²) >= 11 is 7.82. The zero-order valence-electron chi connectivity index (χ0n) is 20.3. The molecule has 10 heteroatoms. The number of thioether (sulfide) groups is 1. The van der Waals surface area contributed by atoms with Crippen LogP contribution in [0.3, 0.4) is 0 Å². The number of primary amides is 1. The van der Waals surface area contributed by atoms with Crippen molar-refractivity contribution in [2.24, 2.45) is 16.6 Å². The number of amides is 2. The maximum atomic E-state index is 12.9. The largest absolute Gasteiger partial charge is 0.492 e. The number of nitrogens with zero attached hydrogens (tertiary/aromatic N) is 4. The van der Waals surface area contributed by atoms with E-state index in [1.165, 1.54) is 11.8 Å². The Morgan fingerprint density at radius 2 is 1.97 bits per heavy atom. The fraction of sp³-hybridized carbons (Fsp3) is 0.259. The van der Waals surface area contributed by atoms with Gasteiger partial charge >= 0.3 is 0 Å². The highest BCUT2D eigenvalue weighted by Crippen LogP contribution is 2.36. The molecule has 8 nitrogen and oxygen atoms in total. The van der Waals surface area contributed by atoms with Crippen LogP contribution < -0.4 is 10.5 Å². The molecule has 1 saturated heterocycles. The minimum Gasteiger partial charge on any atom is -0.492 e. The van der Waals surface area contributed by atoms with Crippen molar-refractivity contribution >= 4 is 46.4 Å². The van der Waals surface area contributed by atoms with Gasteiger partial charge in [0.15, 0.2) is 5.17 Å². The third kappa shape index (κ3) is 5.42. The highest BCUT2D eigenvalue weighted by atomic mass is 35.5. The molecule has 0 saturated carbocycles. The lowest BCUT2D eigenvalue weighted by molar-refractivity contribution is -0.123. The number of carbonyl (C=O) groups excluding carboxylic acids is 2. The third-order valence-corrected chi connectivity index (χ3v) is 7.67. The normalized spacial score (nSPS) is 17.4. The van der Waals surface area contributed by atoms with Crippen molar-refractivity contribution in [1.82, 2.24) is 14.7 Å². The van der Waals surface area contributed by atoms with E-state index in [4.69, 9.17) is 27.2 Å². The second kappa shape index (κ2) is 10.8. The lowest BCUT2D eigenvalue weighted by atomic mass is 9.97. The van der Waals surface area contributed by atoms with Crippen LogP contribution in [0.1, 0.15) is 25.3 Å². The number of hydrogen-bond donors (Lipinski definition) is 1. The molecule has 0 atom stereocenters. The van der Waals surface area contributed by atoms with E-state index in [0.29, 0.717) is 59.1 Å². The number of ether oxygens (including phenoxy) is 1. The molecular weight excluding hydrogens is 510 g/mol. The summed E-state index contributed by atoms with van der Waals surface area (Å²) in [6.07, 6.45) is 5.04. The minimum atomic E-state index is -0.292. The number of hydrogen-bond acceptors (Lipinski definition) is 6. The van der Waals surface area contributed by atoms with Crippen molar-refractivity contribution in [3.05, 3.63) is 70.2 Å². The summed E-state index contributed by atoms with van der Waals surface area (Å²) in [7, 11) is 0. The van der Waals surface area contributed by atoms with Crippen molar-refractivity contribution < 1.29 is 14.3 Å². The van der Waals surface area contributed by atoms with E-state index in [-0.39, 0.29) is 17.7 Å². The summed E-state index contributed by atoms with van der Waals surface area (Å²) in [5.74, 6) is -0.0777. The van der Waals surface area contributed by atoms with Crippen molar-refractivity contribution in [1.29, 1.82) is 0 Å². The third-order valence-electron chi connectivity index (χ3n) is 6.33. The smallest absolute Gasteiger partial charge is 0.286 e. The maximum absolute atomic E-state index is 12.9. The molecule has 2 amide bonds. The van der Waals surface area contributed by atoms with Crippen molar-refractivity contribution in [3.8, 4) is 22.7 Å². The number of halogens is 1. The number of amidine groups is 1. The van der Waals surface area contributed by atoms with Gasteiger partial charge in [-0.15, -0.1) is 0 Å². The Bertz CT molecular complexity index is 1390. The van der Waals surface area contributed by atoms with Crippen LogP contribution in [-0.4, -0.2) is 51.4 Å². The lowest BCUT2D eigenvalue weighted by Gasteiger charge is -2.31. The van der Waals surface area contributed by atoms with E-state index < -0.39 is 0 Å². The van der Waals surface area contributed by atoms with E-state index in [1.807, 2.05) is 72.6 Å². The summed E-state index contributed by atoms with van der Waals surface area (Å²) in [6.45, 7) is 3.70. The first-order chi connectivity index (χ1) is 17.9. The molecule has 2 N–H and O–H groups in total. The SMILES string of the molecule is CCOc1ccc(-c2nn(-c3ccccc3)cc2C=C2SC(N3CCC(C(N)=O)CC3)=NC2=O)cc1Cl. The van der Waals surface area contributed by atoms with Gasteiger partial charge in [-0.3, -0.25) is 9.59 Å². The molecule has 190 valence electrons. The van der Waals surface area contributed by atoms with E-state index >= 15 is 0 Å². The minimum absolute atomic E-state index is 0.124. The van der Waals surface area contributed by atoms with Crippen LogP contribution in [0, 0.1) is 5.92 Å². The lowest BCUT2D eigenvalue weighted by Crippen LogP contribution is -2.40. The summed E-state index contributed by atoms with van der Waals surface area (Å²) in [5.41, 5.74) is 8.61. The average Bonchev–Trinajstić information content (AvgIpc) is 3.50. The molecule has 37 heavy (non-hydrogen) atoms. The Hall–Kier alpha value is -3.56. The van der Waals surface area contributed by atoms with Crippen LogP contribution in [0.25, 0.3) is 23.0 Å². The topological polar surface area (TPSA) is 103 Å². The van der Waals surface area contributed by atoms with E-state index in [2.05, 4.69) is 4.99 Å². The highest BCUT2D eigenvalue weighted by molar-refractivity contribution is 8.18. The second-order valence-electron chi connectivity index (χ2n) is 8.77. The standard InChI is InChI=1S/C27H26ClN5O3S/c1-2-36-22-9-8-18(14-21(22)28)24-19(16-33(31-24)20-6-4-3-5-7-20)15-23-26(35)30-27(37-23)32-12-10-17(11-13-32)25(29)34/h3-9,14-17H,2,10-13H2,1H3,(H2,29,34). The number of carbonyl (C=O) groups is 2. The van der Waals surface area contributed by atoms with Crippen molar-refractivity contribution in [2.45, 2.75) is 19.8 Å². The van der Waals surface area contributed by atoms with Gasteiger partial charge < -0.3 is 15.4 Å². The van der Waals surface area contributed by atoms with Gasteiger partial charge in [0.2, 0.25) is 5.91 Å². The van der Waals surface area contributed by atoms with Crippen LogP contribution in [0.4, 0.5) is 0 Å².